The highest BCUT2D eigenvalue weighted by Gasteiger charge is 2.33. The number of carbonyl (C=O) groups is 1. The normalized spacial score (nSPS) is 15.7. The molecule has 0 fully saturated rings. The van der Waals surface area contributed by atoms with Crippen LogP contribution in [0, 0.1) is 7.14 Å². The summed E-state index contributed by atoms with van der Waals surface area (Å²) >= 11 is 11.8. The van der Waals surface area contributed by atoms with Crippen LogP contribution in [0.1, 0.15) is 31.0 Å². The van der Waals surface area contributed by atoms with Crippen molar-refractivity contribution in [3.8, 4) is 5.75 Å². The van der Waals surface area contributed by atoms with E-state index in [2.05, 4.69) is 50.2 Å². The van der Waals surface area contributed by atoms with E-state index in [1.807, 2.05) is 30.3 Å². The molecule has 0 spiro atoms. The van der Waals surface area contributed by atoms with E-state index in [1.165, 1.54) is 11.3 Å². The molecular weight excluding hydrogens is 702 g/mol. The summed E-state index contributed by atoms with van der Waals surface area (Å²) in [6, 6.07) is 10.4. The molecule has 6 nitrogen and oxygen atoms in total. The average Bonchev–Trinajstić information content (AvgIpc) is 3.08. The first-order valence-corrected chi connectivity index (χ1v) is 13.6. The van der Waals surface area contributed by atoms with Crippen LogP contribution in [0.25, 0.3) is 6.08 Å². The van der Waals surface area contributed by atoms with Gasteiger partial charge in [0.1, 0.15) is 5.75 Å². The van der Waals surface area contributed by atoms with E-state index < -0.39 is 12.0 Å². The maximum atomic E-state index is 13.6. The highest BCUT2D eigenvalue weighted by atomic mass is 127. The maximum absolute atomic E-state index is 13.6. The SMILES string of the molecule is CCOC(=O)C1=C(C)N=c2s/c(=C\c3cc(I)c(OC)c(I)c3)c(=O)n2[C@@H]1c1ccc(Cl)cc1. The Morgan fingerprint density at radius 2 is 1.88 bits per heavy atom. The number of esters is 1. The molecule has 2 heterocycles. The number of carbonyl (C=O) groups excluding carboxylic acids is 1. The third-order valence-electron chi connectivity index (χ3n) is 5.23. The first-order valence-electron chi connectivity index (χ1n) is 10.2. The van der Waals surface area contributed by atoms with Gasteiger partial charge in [-0.15, -0.1) is 0 Å². The molecule has 0 unspecified atom stereocenters. The number of halogens is 3. The van der Waals surface area contributed by atoms with E-state index in [1.54, 1.807) is 37.7 Å². The van der Waals surface area contributed by atoms with Crippen LogP contribution in [0.3, 0.4) is 0 Å². The van der Waals surface area contributed by atoms with Crippen molar-refractivity contribution in [1.82, 2.24) is 4.57 Å². The summed E-state index contributed by atoms with van der Waals surface area (Å²) in [5.74, 6) is 0.314. The maximum Gasteiger partial charge on any atom is 0.338 e. The van der Waals surface area contributed by atoms with Crippen LogP contribution in [-0.2, 0) is 9.53 Å². The second-order valence-corrected chi connectivity index (χ2v) is 11.1. The third-order valence-corrected chi connectivity index (χ3v) is 8.06. The fraction of sp³-hybridized carbons (Fsp3) is 0.208. The Morgan fingerprint density at radius 3 is 2.47 bits per heavy atom. The number of thiazole rings is 1. The lowest BCUT2D eigenvalue weighted by Gasteiger charge is -2.24. The lowest BCUT2D eigenvalue weighted by Crippen LogP contribution is -2.39. The van der Waals surface area contributed by atoms with Gasteiger partial charge in [-0.3, -0.25) is 9.36 Å². The molecule has 10 heteroatoms. The predicted molar refractivity (Wildman–Crippen MR) is 150 cm³/mol. The number of methoxy groups -OCH3 is 1. The van der Waals surface area contributed by atoms with Gasteiger partial charge in [0.25, 0.3) is 5.56 Å². The minimum Gasteiger partial charge on any atom is -0.495 e. The van der Waals surface area contributed by atoms with E-state index in [0.29, 0.717) is 25.6 Å². The molecule has 0 amide bonds. The Bertz CT molecular complexity index is 1470. The summed E-state index contributed by atoms with van der Waals surface area (Å²) in [6.07, 6.45) is 1.84. The molecule has 1 aliphatic rings. The molecular formula is C24H19ClI2N2O4S. The summed E-state index contributed by atoms with van der Waals surface area (Å²) in [7, 11) is 1.64. The fourth-order valence-corrected chi connectivity index (χ4v) is 7.19. The zero-order valence-corrected chi connectivity index (χ0v) is 24.3. The Morgan fingerprint density at radius 1 is 1.24 bits per heavy atom. The second kappa shape index (κ2) is 10.5. The third kappa shape index (κ3) is 4.84. The fourth-order valence-electron chi connectivity index (χ4n) is 3.76. The van der Waals surface area contributed by atoms with Crippen LogP contribution in [0.2, 0.25) is 5.02 Å². The summed E-state index contributed by atoms with van der Waals surface area (Å²) in [6.45, 7) is 3.74. The summed E-state index contributed by atoms with van der Waals surface area (Å²) in [5.41, 5.74) is 2.28. The van der Waals surface area contributed by atoms with Crippen molar-refractivity contribution in [3.63, 3.8) is 0 Å². The average molecular weight is 721 g/mol. The van der Waals surface area contributed by atoms with Gasteiger partial charge in [-0.1, -0.05) is 35.1 Å². The van der Waals surface area contributed by atoms with Crippen LogP contribution in [-0.4, -0.2) is 24.3 Å². The molecule has 0 bridgehead atoms. The Balaban J connectivity index is 1.94. The number of nitrogens with zero attached hydrogens (tertiary/aromatic N) is 2. The molecule has 0 saturated heterocycles. The number of hydrogen-bond donors (Lipinski definition) is 0. The van der Waals surface area contributed by atoms with Crippen LogP contribution < -0.4 is 19.6 Å². The quantitative estimate of drug-likeness (QED) is 0.284. The largest absolute Gasteiger partial charge is 0.495 e. The van der Waals surface area contributed by atoms with Gasteiger partial charge in [0.05, 0.1) is 42.7 Å². The molecule has 34 heavy (non-hydrogen) atoms. The first kappa shape index (κ1) is 25.4. The number of benzene rings is 2. The van der Waals surface area contributed by atoms with Gasteiger partial charge in [-0.25, -0.2) is 9.79 Å². The molecule has 1 aromatic heterocycles. The number of rotatable bonds is 5. The zero-order chi connectivity index (χ0) is 24.6. The number of ether oxygens (including phenoxy) is 2. The van der Waals surface area contributed by atoms with Gasteiger partial charge in [0, 0.05) is 5.02 Å². The van der Waals surface area contributed by atoms with E-state index in [4.69, 9.17) is 21.1 Å². The van der Waals surface area contributed by atoms with Gasteiger partial charge in [0.15, 0.2) is 4.80 Å². The van der Waals surface area contributed by atoms with E-state index in [9.17, 15) is 9.59 Å². The van der Waals surface area contributed by atoms with Crippen molar-refractivity contribution in [2.75, 3.05) is 13.7 Å². The molecule has 2 aromatic carbocycles. The van der Waals surface area contributed by atoms with Crippen LogP contribution in [0.15, 0.2) is 57.5 Å². The topological polar surface area (TPSA) is 69.9 Å². The monoisotopic (exact) mass is 720 g/mol. The smallest absolute Gasteiger partial charge is 0.338 e. The number of fused-ring (bicyclic) bond motifs is 1. The summed E-state index contributed by atoms with van der Waals surface area (Å²) in [4.78, 5) is 31.7. The molecule has 0 saturated carbocycles. The molecule has 176 valence electrons. The lowest BCUT2D eigenvalue weighted by atomic mass is 9.96. The highest BCUT2D eigenvalue weighted by Crippen LogP contribution is 2.32. The Hall–Kier alpha value is -1.70. The van der Waals surface area contributed by atoms with Crippen LogP contribution in [0.5, 0.6) is 5.75 Å². The number of allylic oxidation sites excluding steroid dienone is 1. The first-order chi connectivity index (χ1) is 16.2. The van der Waals surface area contributed by atoms with Gasteiger partial charge in [0.2, 0.25) is 0 Å². The van der Waals surface area contributed by atoms with E-state index in [-0.39, 0.29) is 12.2 Å². The van der Waals surface area contributed by atoms with Crippen LogP contribution in [0.4, 0.5) is 0 Å². The predicted octanol–water partition coefficient (Wildman–Crippen LogP) is 4.67. The van der Waals surface area contributed by atoms with Crippen molar-refractivity contribution < 1.29 is 14.3 Å². The molecule has 1 aliphatic heterocycles. The number of aromatic nitrogens is 1. The van der Waals surface area contributed by atoms with Crippen molar-refractivity contribution in [2.24, 2.45) is 4.99 Å². The summed E-state index contributed by atoms with van der Waals surface area (Å²) < 4.78 is 14.7. The zero-order valence-electron chi connectivity index (χ0n) is 18.4. The van der Waals surface area contributed by atoms with Crippen molar-refractivity contribution in [2.45, 2.75) is 19.9 Å². The van der Waals surface area contributed by atoms with Gasteiger partial charge < -0.3 is 9.47 Å². The minimum atomic E-state index is -0.661. The van der Waals surface area contributed by atoms with Crippen molar-refractivity contribution in [1.29, 1.82) is 0 Å². The highest BCUT2D eigenvalue weighted by molar-refractivity contribution is 14.1. The molecule has 0 N–H and O–H groups in total. The standard InChI is InChI=1S/C24H19ClI2N2O4S/c1-4-33-23(31)19-12(2)28-24-29(20(19)14-5-7-15(25)8-6-14)22(30)18(34-24)11-13-9-16(26)21(32-3)17(27)10-13/h5-11,20H,4H2,1-3H3/b18-11-/t20-/m1/s1. The second-order valence-electron chi connectivity index (χ2n) is 7.37. The molecule has 1 atom stereocenters. The van der Waals surface area contributed by atoms with Crippen LogP contribution >= 0.6 is 68.1 Å². The Kier molecular flexibility index (Phi) is 7.85. The van der Waals surface area contributed by atoms with Gasteiger partial charge >= 0.3 is 5.97 Å². The van der Waals surface area contributed by atoms with Gasteiger partial charge in [-0.05, 0) is 100 Å². The molecule has 0 radical (unpaired) electrons. The van der Waals surface area contributed by atoms with E-state index >= 15 is 0 Å². The number of hydrogen-bond acceptors (Lipinski definition) is 6. The van der Waals surface area contributed by atoms with E-state index in [0.717, 1.165) is 24.0 Å². The molecule has 4 rings (SSSR count). The van der Waals surface area contributed by atoms with Crippen molar-refractivity contribution >= 4 is 80.2 Å². The Labute approximate surface area is 232 Å². The van der Waals surface area contributed by atoms with Gasteiger partial charge in [-0.2, -0.15) is 0 Å². The molecule has 0 aliphatic carbocycles. The lowest BCUT2D eigenvalue weighted by molar-refractivity contribution is -0.139. The molecule has 3 aromatic rings. The summed E-state index contributed by atoms with van der Waals surface area (Å²) in [5, 5.41) is 0.568. The minimum absolute atomic E-state index is 0.223. The van der Waals surface area contributed by atoms with Crippen molar-refractivity contribution in [3.05, 3.63) is 90.6 Å².